The molecule has 0 aliphatic heterocycles. The number of nitrogen functional groups attached to an aromatic ring is 1. The molecule has 0 bridgehead atoms. The van der Waals surface area contributed by atoms with Crippen LogP contribution in [0.2, 0.25) is 5.02 Å². The van der Waals surface area contributed by atoms with Crippen LogP contribution in [0.5, 0.6) is 0 Å². The molecule has 0 aliphatic carbocycles. The maximum Gasteiger partial charge on any atom is 0.0456 e. The van der Waals surface area contributed by atoms with E-state index in [4.69, 9.17) is 17.3 Å². The van der Waals surface area contributed by atoms with E-state index >= 15 is 0 Å². The van der Waals surface area contributed by atoms with Crippen molar-refractivity contribution in [2.24, 2.45) is 0 Å². The van der Waals surface area contributed by atoms with Gasteiger partial charge in [-0.1, -0.05) is 29.4 Å². The molecule has 0 amide bonds. The summed E-state index contributed by atoms with van der Waals surface area (Å²) in [4.78, 5) is 2.28. The van der Waals surface area contributed by atoms with Crippen molar-refractivity contribution in [3.8, 4) is 0 Å². The van der Waals surface area contributed by atoms with Gasteiger partial charge in [0, 0.05) is 20.5 Å². The van der Waals surface area contributed by atoms with Crippen molar-refractivity contribution >= 4 is 29.1 Å². The molecule has 3 heteroatoms. The van der Waals surface area contributed by atoms with Gasteiger partial charge in [0.05, 0.1) is 0 Å². The standard InChI is InChI=1S/C14H14ClNS/c1-9-3-5-12(16)14(7-9)17-13-6-4-11(15)8-10(13)2/h3-8H,16H2,1-2H3. The molecule has 0 heterocycles. The Labute approximate surface area is 111 Å². The van der Waals surface area contributed by atoms with Crippen LogP contribution in [0.3, 0.4) is 0 Å². The number of rotatable bonds is 2. The second kappa shape index (κ2) is 5.03. The number of nitrogens with two attached hydrogens (primary N) is 1. The Bertz CT molecular complexity index is 552. The molecule has 0 unspecified atom stereocenters. The van der Waals surface area contributed by atoms with Gasteiger partial charge in [0.2, 0.25) is 0 Å². The number of halogens is 1. The zero-order valence-electron chi connectivity index (χ0n) is 9.83. The quantitative estimate of drug-likeness (QED) is 0.796. The first-order valence-corrected chi connectivity index (χ1v) is 6.56. The van der Waals surface area contributed by atoms with E-state index in [0.29, 0.717) is 0 Å². The van der Waals surface area contributed by atoms with Gasteiger partial charge >= 0.3 is 0 Å². The molecular weight excluding hydrogens is 250 g/mol. The summed E-state index contributed by atoms with van der Waals surface area (Å²) in [5.41, 5.74) is 9.17. The van der Waals surface area contributed by atoms with Crippen molar-refractivity contribution in [1.29, 1.82) is 0 Å². The van der Waals surface area contributed by atoms with Crippen LogP contribution < -0.4 is 5.73 Å². The third kappa shape index (κ3) is 2.96. The minimum Gasteiger partial charge on any atom is -0.398 e. The van der Waals surface area contributed by atoms with Crippen molar-refractivity contribution in [3.63, 3.8) is 0 Å². The minimum atomic E-state index is 0.768. The highest BCUT2D eigenvalue weighted by atomic mass is 35.5. The largest absolute Gasteiger partial charge is 0.398 e. The zero-order chi connectivity index (χ0) is 12.4. The molecule has 0 aromatic heterocycles. The van der Waals surface area contributed by atoms with Crippen LogP contribution in [0, 0.1) is 13.8 Å². The van der Waals surface area contributed by atoms with Gasteiger partial charge < -0.3 is 5.73 Å². The molecule has 0 saturated heterocycles. The van der Waals surface area contributed by atoms with E-state index in [1.165, 1.54) is 16.0 Å². The van der Waals surface area contributed by atoms with Crippen molar-refractivity contribution in [3.05, 3.63) is 52.5 Å². The van der Waals surface area contributed by atoms with E-state index in [1.54, 1.807) is 11.8 Å². The summed E-state index contributed by atoms with van der Waals surface area (Å²) >= 11 is 7.62. The van der Waals surface area contributed by atoms with Crippen molar-refractivity contribution in [2.75, 3.05) is 5.73 Å². The van der Waals surface area contributed by atoms with Gasteiger partial charge in [-0.25, -0.2) is 0 Å². The average molecular weight is 264 g/mol. The molecule has 2 aromatic carbocycles. The summed E-state index contributed by atoms with van der Waals surface area (Å²) in [6, 6.07) is 12.0. The summed E-state index contributed by atoms with van der Waals surface area (Å²) in [6.07, 6.45) is 0. The van der Waals surface area contributed by atoms with E-state index in [2.05, 4.69) is 19.9 Å². The lowest BCUT2D eigenvalue weighted by Crippen LogP contribution is -1.89. The maximum atomic E-state index is 5.97. The van der Waals surface area contributed by atoms with Crippen LogP contribution in [0.25, 0.3) is 0 Å². The molecule has 0 fully saturated rings. The highest BCUT2D eigenvalue weighted by molar-refractivity contribution is 7.99. The third-order valence-corrected chi connectivity index (χ3v) is 4.01. The van der Waals surface area contributed by atoms with Crippen LogP contribution in [-0.4, -0.2) is 0 Å². The Kier molecular flexibility index (Phi) is 3.65. The van der Waals surface area contributed by atoms with Crippen molar-refractivity contribution < 1.29 is 0 Å². The molecule has 2 N–H and O–H groups in total. The highest BCUT2D eigenvalue weighted by Gasteiger charge is 2.05. The first-order chi connectivity index (χ1) is 8.06. The lowest BCUT2D eigenvalue weighted by molar-refractivity contribution is 1.29. The second-order valence-corrected chi connectivity index (χ2v) is 5.57. The predicted octanol–water partition coefficient (Wildman–Crippen LogP) is 4.69. The summed E-state index contributed by atoms with van der Waals surface area (Å²) in [5.74, 6) is 0. The van der Waals surface area contributed by atoms with Gasteiger partial charge in [-0.3, -0.25) is 0 Å². The Hall–Kier alpha value is -1.12. The van der Waals surface area contributed by atoms with E-state index < -0.39 is 0 Å². The number of aryl methyl sites for hydroxylation is 2. The predicted molar refractivity (Wildman–Crippen MR) is 75.9 cm³/mol. The van der Waals surface area contributed by atoms with Gasteiger partial charge in [-0.05, 0) is 55.3 Å². The highest BCUT2D eigenvalue weighted by Crippen LogP contribution is 2.35. The topological polar surface area (TPSA) is 26.0 Å². The Morgan fingerprint density at radius 3 is 2.47 bits per heavy atom. The molecule has 17 heavy (non-hydrogen) atoms. The molecule has 0 radical (unpaired) electrons. The third-order valence-electron chi connectivity index (χ3n) is 2.53. The van der Waals surface area contributed by atoms with Crippen LogP contribution in [0.1, 0.15) is 11.1 Å². The smallest absolute Gasteiger partial charge is 0.0456 e. The zero-order valence-corrected chi connectivity index (χ0v) is 11.4. The van der Waals surface area contributed by atoms with Crippen LogP contribution in [0.15, 0.2) is 46.2 Å². The average Bonchev–Trinajstić information content (AvgIpc) is 2.27. The van der Waals surface area contributed by atoms with Gasteiger partial charge in [0.1, 0.15) is 0 Å². The fourth-order valence-corrected chi connectivity index (χ4v) is 2.83. The Morgan fingerprint density at radius 2 is 1.76 bits per heavy atom. The fourth-order valence-electron chi connectivity index (χ4n) is 1.58. The summed E-state index contributed by atoms with van der Waals surface area (Å²) in [7, 11) is 0. The number of hydrogen-bond acceptors (Lipinski definition) is 2. The van der Waals surface area contributed by atoms with E-state index in [0.717, 1.165) is 15.6 Å². The first kappa shape index (κ1) is 12.3. The Morgan fingerprint density at radius 1 is 1.00 bits per heavy atom. The monoisotopic (exact) mass is 263 g/mol. The molecule has 2 aromatic rings. The SMILES string of the molecule is Cc1ccc(N)c(Sc2ccc(Cl)cc2C)c1. The minimum absolute atomic E-state index is 0.768. The number of hydrogen-bond donors (Lipinski definition) is 1. The number of benzene rings is 2. The van der Waals surface area contributed by atoms with Crippen LogP contribution in [-0.2, 0) is 0 Å². The summed E-state index contributed by atoms with van der Waals surface area (Å²) < 4.78 is 0. The molecule has 0 saturated carbocycles. The molecule has 1 nitrogen and oxygen atoms in total. The second-order valence-electron chi connectivity index (χ2n) is 4.05. The van der Waals surface area contributed by atoms with Crippen LogP contribution in [0.4, 0.5) is 5.69 Å². The summed E-state index contributed by atoms with van der Waals surface area (Å²) in [6.45, 7) is 4.12. The molecule has 0 atom stereocenters. The van der Waals surface area contributed by atoms with Crippen molar-refractivity contribution in [1.82, 2.24) is 0 Å². The van der Waals surface area contributed by atoms with E-state index in [-0.39, 0.29) is 0 Å². The van der Waals surface area contributed by atoms with E-state index in [1.807, 2.05) is 30.3 Å². The molecule has 0 spiro atoms. The molecule has 2 rings (SSSR count). The van der Waals surface area contributed by atoms with Gasteiger partial charge in [-0.2, -0.15) is 0 Å². The first-order valence-electron chi connectivity index (χ1n) is 5.36. The maximum absolute atomic E-state index is 5.97. The molecular formula is C14H14ClNS. The number of anilines is 1. The van der Waals surface area contributed by atoms with E-state index in [9.17, 15) is 0 Å². The van der Waals surface area contributed by atoms with Crippen molar-refractivity contribution in [2.45, 2.75) is 23.6 Å². The van der Waals surface area contributed by atoms with Gasteiger partial charge in [0.15, 0.2) is 0 Å². The normalized spacial score (nSPS) is 10.5. The van der Waals surface area contributed by atoms with Crippen LogP contribution >= 0.6 is 23.4 Å². The van der Waals surface area contributed by atoms with Gasteiger partial charge in [0.25, 0.3) is 0 Å². The Balaban J connectivity index is 2.34. The molecule has 88 valence electrons. The fraction of sp³-hybridized carbons (Fsp3) is 0.143. The molecule has 0 aliphatic rings. The lowest BCUT2D eigenvalue weighted by atomic mass is 10.2. The lowest BCUT2D eigenvalue weighted by Gasteiger charge is -2.09. The van der Waals surface area contributed by atoms with Gasteiger partial charge in [-0.15, -0.1) is 0 Å². The summed E-state index contributed by atoms with van der Waals surface area (Å²) in [5, 5.41) is 0.768.